The van der Waals surface area contributed by atoms with Gasteiger partial charge in [-0.3, -0.25) is 0 Å². The van der Waals surface area contributed by atoms with Gasteiger partial charge in [0, 0.05) is 10.5 Å². The highest BCUT2D eigenvalue weighted by atomic mass is 79.9. The van der Waals surface area contributed by atoms with Gasteiger partial charge in [0.15, 0.2) is 0 Å². The van der Waals surface area contributed by atoms with E-state index in [0.29, 0.717) is 0 Å². The quantitative estimate of drug-likeness (QED) is 0.812. The van der Waals surface area contributed by atoms with Crippen LogP contribution in [0, 0.1) is 13.8 Å². The third-order valence-electron chi connectivity index (χ3n) is 3.81. The van der Waals surface area contributed by atoms with Crippen LogP contribution in [0.5, 0.6) is 11.5 Å². The average molecular weight is 348 g/mol. The van der Waals surface area contributed by atoms with Gasteiger partial charge in [0.25, 0.3) is 0 Å². The highest BCUT2D eigenvalue weighted by Gasteiger charge is 2.08. The number of rotatable bonds is 5. The van der Waals surface area contributed by atoms with Crippen molar-refractivity contribution in [1.82, 2.24) is 0 Å². The van der Waals surface area contributed by atoms with E-state index in [9.17, 15) is 0 Å². The minimum Gasteiger partial charge on any atom is -0.457 e. The Bertz CT molecular complexity index is 625. The van der Waals surface area contributed by atoms with Crippen molar-refractivity contribution in [3.63, 3.8) is 0 Å². The van der Waals surface area contributed by atoms with Crippen LogP contribution in [0.25, 0.3) is 0 Å². The first-order chi connectivity index (χ1) is 10.0. The molecule has 1 atom stereocenters. The van der Waals surface area contributed by atoms with Crippen LogP contribution in [0.2, 0.25) is 0 Å². The summed E-state index contributed by atoms with van der Waals surface area (Å²) in [7, 11) is 0. The van der Waals surface area contributed by atoms with Crippen molar-refractivity contribution in [3.05, 3.63) is 57.6 Å². The fraction of sp³-hybridized carbons (Fsp3) is 0.333. The van der Waals surface area contributed by atoms with E-state index in [1.165, 1.54) is 16.7 Å². The molecule has 112 valence electrons. The first-order valence-electron chi connectivity index (χ1n) is 7.29. The van der Waals surface area contributed by atoms with Gasteiger partial charge in [-0.05, 0) is 61.6 Å². The molecule has 0 saturated carbocycles. The summed E-state index contributed by atoms with van der Waals surface area (Å²) in [4.78, 5) is 0. The van der Waals surface area contributed by atoms with Crippen LogP contribution in [-0.2, 0) is 6.42 Å². The molecule has 0 radical (unpaired) electrons. The molecule has 1 unspecified atom stereocenters. The number of benzene rings is 2. The number of nitrogens with two attached hydrogens (primary N) is 1. The van der Waals surface area contributed by atoms with Crippen LogP contribution in [0.15, 0.2) is 40.9 Å². The maximum atomic E-state index is 6.02. The Balaban J connectivity index is 2.18. The fourth-order valence-electron chi connectivity index (χ4n) is 2.15. The summed E-state index contributed by atoms with van der Waals surface area (Å²) < 4.78 is 7.05. The molecule has 21 heavy (non-hydrogen) atoms. The van der Waals surface area contributed by atoms with E-state index in [4.69, 9.17) is 10.5 Å². The predicted molar refractivity (Wildman–Crippen MR) is 92.1 cm³/mol. The van der Waals surface area contributed by atoms with Gasteiger partial charge in [-0.15, -0.1) is 0 Å². The van der Waals surface area contributed by atoms with Gasteiger partial charge in [-0.1, -0.05) is 41.1 Å². The smallest absolute Gasteiger partial charge is 0.130 e. The summed E-state index contributed by atoms with van der Waals surface area (Å²) in [6.45, 7) is 6.28. The summed E-state index contributed by atoms with van der Waals surface area (Å²) in [6.07, 6.45) is 1.86. The van der Waals surface area contributed by atoms with E-state index in [0.717, 1.165) is 28.8 Å². The van der Waals surface area contributed by atoms with Crippen molar-refractivity contribution in [2.45, 2.75) is 39.7 Å². The molecule has 2 aromatic rings. The van der Waals surface area contributed by atoms with Crippen molar-refractivity contribution >= 4 is 15.9 Å². The standard InChI is InChI=1S/C18H22BrNO/c1-4-15(20)10-14-8-9-16(11-17(14)19)21-18-7-5-6-12(2)13(18)3/h5-9,11,15H,4,10,20H2,1-3H3. The second kappa shape index (κ2) is 7.10. The Kier molecular flexibility index (Phi) is 5.43. The molecule has 0 amide bonds. The summed E-state index contributed by atoms with van der Waals surface area (Å²) in [6, 6.07) is 12.4. The molecule has 0 aromatic heterocycles. The molecule has 0 bridgehead atoms. The highest BCUT2D eigenvalue weighted by Crippen LogP contribution is 2.30. The first-order valence-corrected chi connectivity index (χ1v) is 8.08. The molecule has 0 heterocycles. The molecular weight excluding hydrogens is 326 g/mol. The van der Waals surface area contributed by atoms with Crippen LogP contribution in [0.4, 0.5) is 0 Å². The van der Waals surface area contributed by atoms with Gasteiger partial charge in [-0.2, -0.15) is 0 Å². The Morgan fingerprint density at radius 2 is 1.95 bits per heavy atom. The first kappa shape index (κ1) is 16.1. The van der Waals surface area contributed by atoms with E-state index in [-0.39, 0.29) is 6.04 Å². The largest absolute Gasteiger partial charge is 0.457 e. The van der Waals surface area contributed by atoms with Crippen molar-refractivity contribution in [3.8, 4) is 11.5 Å². The zero-order valence-corrected chi connectivity index (χ0v) is 14.4. The van der Waals surface area contributed by atoms with E-state index < -0.39 is 0 Å². The predicted octanol–water partition coefficient (Wildman–Crippen LogP) is 5.14. The van der Waals surface area contributed by atoms with E-state index >= 15 is 0 Å². The number of hydrogen-bond donors (Lipinski definition) is 1. The molecular formula is C18H22BrNO. The molecule has 0 aliphatic carbocycles. The third kappa shape index (κ3) is 4.08. The summed E-state index contributed by atoms with van der Waals surface area (Å²) in [5.41, 5.74) is 9.65. The van der Waals surface area contributed by atoms with Crippen molar-refractivity contribution in [2.75, 3.05) is 0 Å². The summed E-state index contributed by atoms with van der Waals surface area (Å²) in [5, 5.41) is 0. The second-order valence-corrected chi connectivity index (χ2v) is 6.28. The number of aryl methyl sites for hydroxylation is 1. The monoisotopic (exact) mass is 347 g/mol. The lowest BCUT2D eigenvalue weighted by molar-refractivity contribution is 0.477. The molecule has 0 aliphatic rings. The number of hydrogen-bond acceptors (Lipinski definition) is 2. The lowest BCUT2D eigenvalue weighted by Gasteiger charge is -2.14. The maximum Gasteiger partial charge on any atom is 0.130 e. The van der Waals surface area contributed by atoms with Gasteiger partial charge in [0.1, 0.15) is 11.5 Å². The van der Waals surface area contributed by atoms with E-state index in [1.54, 1.807) is 0 Å². The van der Waals surface area contributed by atoms with Gasteiger partial charge in [0.2, 0.25) is 0 Å². The summed E-state index contributed by atoms with van der Waals surface area (Å²) >= 11 is 3.62. The molecule has 2 aromatic carbocycles. The number of halogens is 1. The van der Waals surface area contributed by atoms with Crippen LogP contribution in [-0.4, -0.2) is 6.04 Å². The fourth-order valence-corrected chi connectivity index (χ4v) is 2.67. The Morgan fingerprint density at radius 1 is 1.19 bits per heavy atom. The molecule has 2 rings (SSSR count). The zero-order valence-electron chi connectivity index (χ0n) is 12.8. The molecule has 2 N–H and O–H groups in total. The Hall–Kier alpha value is -1.32. The van der Waals surface area contributed by atoms with Crippen LogP contribution in [0.1, 0.15) is 30.0 Å². The topological polar surface area (TPSA) is 35.2 Å². The van der Waals surface area contributed by atoms with E-state index in [2.05, 4.69) is 48.8 Å². The van der Waals surface area contributed by atoms with Crippen molar-refractivity contribution < 1.29 is 4.74 Å². The average Bonchev–Trinajstić information content (AvgIpc) is 2.46. The van der Waals surface area contributed by atoms with Crippen molar-refractivity contribution in [2.24, 2.45) is 5.73 Å². The SMILES string of the molecule is CCC(N)Cc1ccc(Oc2cccc(C)c2C)cc1Br. The van der Waals surface area contributed by atoms with Gasteiger partial charge >= 0.3 is 0 Å². The zero-order chi connectivity index (χ0) is 15.4. The normalized spacial score (nSPS) is 12.2. The van der Waals surface area contributed by atoms with Crippen LogP contribution in [0.3, 0.4) is 0 Å². The van der Waals surface area contributed by atoms with Gasteiger partial charge in [-0.25, -0.2) is 0 Å². The second-order valence-electron chi connectivity index (χ2n) is 5.43. The van der Waals surface area contributed by atoms with E-state index in [1.807, 2.05) is 24.3 Å². The summed E-state index contributed by atoms with van der Waals surface area (Å²) in [5.74, 6) is 1.74. The maximum absolute atomic E-state index is 6.02. The lowest BCUT2D eigenvalue weighted by atomic mass is 10.0. The molecule has 0 spiro atoms. The lowest BCUT2D eigenvalue weighted by Crippen LogP contribution is -2.21. The van der Waals surface area contributed by atoms with Crippen molar-refractivity contribution in [1.29, 1.82) is 0 Å². The molecule has 0 aliphatic heterocycles. The molecule has 0 fully saturated rings. The minimum atomic E-state index is 0.201. The van der Waals surface area contributed by atoms with Crippen LogP contribution >= 0.6 is 15.9 Å². The highest BCUT2D eigenvalue weighted by molar-refractivity contribution is 9.10. The van der Waals surface area contributed by atoms with Gasteiger partial charge in [0.05, 0.1) is 0 Å². The molecule has 3 heteroatoms. The Morgan fingerprint density at radius 3 is 2.62 bits per heavy atom. The molecule has 0 saturated heterocycles. The Labute approximate surface area is 135 Å². The molecule has 2 nitrogen and oxygen atoms in total. The van der Waals surface area contributed by atoms with Gasteiger partial charge < -0.3 is 10.5 Å². The third-order valence-corrected chi connectivity index (χ3v) is 4.55. The minimum absolute atomic E-state index is 0.201. The number of ether oxygens (including phenoxy) is 1. The van der Waals surface area contributed by atoms with Crippen LogP contribution < -0.4 is 10.5 Å².